The second kappa shape index (κ2) is 5.05. The maximum absolute atomic E-state index is 13.8. The highest BCUT2D eigenvalue weighted by Gasteiger charge is 2.41. The Morgan fingerprint density at radius 1 is 1.40 bits per heavy atom. The van der Waals surface area contributed by atoms with Crippen LogP contribution in [0, 0.1) is 5.82 Å². The average Bonchev–Trinajstić information content (AvgIpc) is 2.95. The van der Waals surface area contributed by atoms with E-state index in [1.165, 1.54) is 12.3 Å². The Bertz CT molecular complexity index is 565. The van der Waals surface area contributed by atoms with Gasteiger partial charge in [-0.1, -0.05) is 5.16 Å². The average molecular weight is 345 g/mol. The lowest BCUT2D eigenvalue weighted by Crippen LogP contribution is -2.31. The predicted molar refractivity (Wildman–Crippen MR) is 72.8 cm³/mol. The maximum Gasteiger partial charge on any atom is 0.163 e. The van der Waals surface area contributed by atoms with Gasteiger partial charge in [0.2, 0.25) is 0 Å². The van der Waals surface area contributed by atoms with E-state index in [1.54, 1.807) is 0 Å². The van der Waals surface area contributed by atoms with Crippen molar-refractivity contribution in [1.29, 1.82) is 0 Å². The van der Waals surface area contributed by atoms with Gasteiger partial charge in [-0.25, -0.2) is 4.39 Å². The molecule has 2 aliphatic rings. The third kappa shape index (κ3) is 2.70. The minimum Gasteiger partial charge on any atom is -0.389 e. The third-order valence-corrected chi connectivity index (χ3v) is 3.65. The van der Waals surface area contributed by atoms with Gasteiger partial charge in [-0.05, 0) is 35.8 Å². The zero-order valence-electron chi connectivity index (χ0n) is 11.1. The Morgan fingerprint density at radius 2 is 2.20 bits per heavy atom. The van der Waals surface area contributed by atoms with Gasteiger partial charge in [0.05, 0.1) is 6.61 Å². The number of ether oxygens (including phenoxy) is 2. The molecule has 1 fully saturated rings. The summed E-state index contributed by atoms with van der Waals surface area (Å²) in [5, 5.41) is 3.93. The van der Waals surface area contributed by atoms with Gasteiger partial charge in [0, 0.05) is 17.1 Å². The van der Waals surface area contributed by atoms with Gasteiger partial charge in [-0.3, -0.25) is 4.98 Å². The second-order valence-electron chi connectivity index (χ2n) is 5.24. The van der Waals surface area contributed by atoms with Gasteiger partial charge < -0.3 is 14.3 Å². The molecule has 3 rings (SSSR count). The monoisotopic (exact) mass is 344 g/mol. The van der Waals surface area contributed by atoms with Gasteiger partial charge >= 0.3 is 0 Å². The largest absolute Gasteiger partial charge is 0.389 e. The van der Waals surface area contributed by atoms with Crippen LogP contribution in [0.4, 0.5) is 4.39 Å². The second-order valence-corrected chi connectivity index (χ2v) is 6.15. The van der Waals surface area contributed by atoms with E-state index >= 15 is 0 Å². The number of hydrogen-bond acceptors (Lipinski definition) is 5. The summed E-state index contributed by atoms with van der Waals surface area (Å²) in [5.74, 6) is -1.04. The van der Waals surface area contributed by atoms with E-state index in [1.807, 2.05) is 13.8 Å². The highest BCUT2D eigenvalue weighted by Crippen LogP contribution is 2.30. The minimum absolute atomic E-state index is 0.204. The number of hydrogen-bond donors (Lipinski definition) is 0. The molecule has 1 aromatic heterocycles. The van der Waals surface area contributed by atoms with Crippen molar-refractivity contribution >= 4 is 21.6 Å². The molecule has 7 heteroatoms. The van der Waals surface area contributed by atoms with Crippen LogP contribution in [0.15, 0.2) is 21.9 Å². The van der Waals surface area contributed by atoms with Crippen LogP contribution in [-0.4, -0.2) is 35.3 Å². The van der Waals surface area contributed by atoms with E-state index in [0.29, 0.717) is 23.2 Å². The molecule has 0 N–H and O–H groups in total. The lowest BCUT2D eigenvalue weighted by atomic mass is 10.1. The van der Waals surface area contributed by atoms with Crippen molar-refractivity contribution in [2.75, 3.05) is 6.61 Å². The van der Waals surface area contributed by atoms with Crippen LogP contribution in [0.3, 0.4) is 0 Å². The molecule has 0 aliphatic carbocycles. The quantitative estimate of drug-likeness (QED) is 0.827. The lowest BCUT2D eigenvalue weighted by Gasteiger charge is -2.19. The Kier molecular flexibility index (Phi) is 3.51. The number of halogens is 2. The highest BCUT2D eigenvalue weighted by molar-refractivity contribution is 9.10. The molecule has 20 heavy (non-hydrogen) atoms. The third-order valence-electron chi connectivity index (χ3n) is 3.22. The molecule has 0 aromatic carbocycles. The molecule has 1 saturated heterocycles. The zero-order valence-corrected chi connectivity index (χ0v) is 12.7. The zero-order chi connectivity index (χ0) is 14.3. The smallest absolute Gasteiger partial charge is 0.163 e. The normalized spacial score (nSPS) is 28.3. The van der Waals surface area contributed by atoms with Crippen LogP contribution in [0.1, 0.15) is 26.0 Å². The maximum atomic E-state index is 13.8. The molecular formula is C13H14BrFN2O3. The summed E-state index contributed by atoms with van der Waals surface area (Å²) < 4.78 is 25.7. The summed E-state index contributed by atoms with van der Waals surface area (Å²) in [6.07, 6.45) is 1.52. The summed E-state index contributed by atoms with van der Waals surface area (Å²) in [4.78, 5) is 9.39. The molecule has 1 aromatic rings. The van der Waals surface area contributed by atoms with E-state index in [4.69, 9.17) is 14.3 Å². The standard InChI is InChI=1S/C13H14BrFN2O3/c1-13(2)18-6-11(19-13)10-4-9(17-20-10)12-8(15)3-7(14)5-16-12/h3,5,10-11H,4,6H2,1-2H3/t10-,11+/m0/s1. The van der Waals surface area contributed by atoms with Gasteiger partial charge in [0.15, 0.2) is 17.7 Å². The van der Waals surface area contributed by atoms with Crippen molar-refractivity contribution in [3.63, 3.8) is 0 Å². The van der Waals surface area contributed by atoms with Crippen LogP contribution in [-0.2, 0) is 14.3 Å². The Hall–Kier alpha value is -1.05. The van der Waals surface area contributed by atoms with Crippen LogP contribution in [0.25, 0.3) is 0 Å². The molecule has 0 saturated carbocycles. The predicted octanol–water partition coefficient (Wildman–Crippen LogP) is 2.63. The fraction of sp³-hybridized carbons (Fsp3) is 0.538. The first-order chi connectivity index (χ1) is 9.44. The SMILES string of the molecule is CC1(C)OC[C@H]([C@@H]2CC(c3ncc(Br)cc3F)=NO2)O1. The van der Waals surface area contributed by atoms with Gasteiger partial charge in [-0.2, -0.15) is 0 Å². The topological polar surface area (TPSA) is 52.9 Å². The number of aromatic nitrogens is 1. The molecule has 0 spiro atoms. The van der Waals surface area contributed by atoms with Gasteiger partial charge in [0.1, 0.15) is 17.5 Å². The van der Waals surface area contributed by atoms with Crippen molar-refractivity contribution < 1.29 is 18.7 Å². The van der Waals surface area contributed by atoms with E-state index in [2.05, 4.69) is 26.1 Å². The fourth-order valence-electron chi connectivity index (χ4n) is 2.26. The van der Waals surface area contributed by atoms with Crippen molar-refractivity contribution in [2.45, 2.75) is 38.3 Å². The Balaban J connectivity index is 1.70. The van der Waals surface area contributed by atoms with E-state index < -0.39 is 11.6 Å². The molecule has 0 amide bonds. The summed E-state index contributed by atoms with van der Waals surface area (Å²) in [5.41, 5.74) is 0.710. The number of pyridine rings is 1. The van der Waals surface area contributed by atoms with Crippen molar-refractivity contribution in [3.05, 3.63) is 28.2 Å². The highest BCUT2D eigenvalue weighted by atomic mass is 79.9. The van der Waals surface area contributed by atoms with Crippen LogP contribution in [0.2, 0.25) is 0 Å². The minimum atomic E-state index is -0.613. The van der Waals surface area contributed by atoms with Crippen LogP contribution < -0.4 is 0 Å². The van der Waals surface area contributed by atoms with E-state index in [9.17, 15) is 4.39 Å². The molecule has 0 bridgehead atoms. The van der Waals surface area contributed by atoms with Crippen LogP contribution >= 0.6 is 15.9 Å². The number of oxime groups is 1. The van der Waals surface area contributed by atoms with Crippen molar-refractivity contribution in [3.8, 4) is 0 Å². The van der Waals surface area contributed by atoms with Gasteiger partial charge in [-0.15, -0.1) is 0 Å². The first kappa shape index (κ1) is 13.9. The summed E-state index contributed by atoms with van der Waals surface area (Å²) in [6.45, 7) is 4.13. The van der Waals surface area contributed by atoms with E-state index in [0.717, 1.165) is 0 Å². The molecule has 0 unspecified atom stereocenters. The number of rotatable bonds is 2. The first-order valence-corrected chi connectivity index (χ1v) is 7.10. The molecule has 108 valence electrons. The van der Waals surface area contributed by atoms with E-state index in [-0.39, 0.29) is 17.9 Å². The summed E-state index contributed by atoms with van der Waals surface area (Å²) in [7, 11) is 0. The fourth-order valence-corrected chi connectivity index (χ4v) is 2.56. The first-order valence-electron chi connectivity index (χ1n) is 6.30. The molecule has 3 heterocycles. The van der Waals surface area contributed by atoms with Gasteiger partial charge in [0.25, 0.3) is 0 Å². The molecule has 2 aliphatic heterocycles. The molecule has 0 radical (unpaired) electrons. The Morgan fingerprint density at radius 3 is 2.85 bits per heavy atom. The van der Waals surface area contributed by atoms with Crippen LogP contribution in [0.5, 0.6) is 0 Å². The summed E-state index contributed by atoms with van der Waals surface area (Å²) >= 11 is 3.17. The Labute approximate surface area is 124 Å². The molecule has 2 atom stereocenters. The number of nitrogens with zero attached hydrogens (tertiary/aromatic N) is 2. The molecular weight excluding hydrogens is 331 g/mol. The lowest BCUT2D eigenvalue weighted by molar-refractivity contribution is -0.153. The summed E-state index contributed by atoms with van der Waals surface area (Å²) in [6, 6.07) is 1.36. The van der Waals surface area contributed by atoms with Crippen molar-refractivity contribution in [1.82, 2.24) is 4.98 Å². The molecule has 5 nitrogen and oxygen atoms in total. The van der Waals surface area contributed by atoms with Crippen molar-refractivity contribution in [2.24, 2.45) is 5.16 Å².